The first kappa shape index (κ1) is 18.6. The van der Waals surface area contributed by atoms with Gasteiger partial charge in [0.25, 0.3) is 0 Å². The summed E-state index contributed by atoms with van der Waals surface area (Å²) in [4.78, 5) is 34.0. The molecule has 1 aliphatic rings. The van der Waals surface area contributed by atoms with Gasteiger partial charge < -0.3 is 10.3 Å². The van der Waals surface area contributed by atoms with E-state index in [9.17, 15) is 9.59 Å². The molecule has 2 N–H and O–H groups in total. The second kappa shape index (κ2) is 6.83. The largest absolute Gasteiger partial charge is 0.424 e. The highest BCUT2D eigenvalue weighted by Gasteiger charge is 2.52. The zero-order chi connectivity index (χ0) is 18.9. The fourth-order valence-electron chi connectivity index (χ4n) is 3.83. The zero-order valence-corrected chi connectivity index (χ0v) is 16.1. The molecule has 3 amide bonds. The summed E-state index contributed by atoms with van der Waals surface area (Å²) >= 11 is 0. The second-order valence-electron chi connectivity index (χ2n) is 8.36. The van der Waals surface area contributed by atoms with Crippen LogP contribution in [-0.2, 0) is 11.2 Å². The summed E-state index contributed by atoms with van der Waals surface area (Å²) in [5, 5.41) is 3.02. The number of carbonyl (C=O) groups is 2. The van der Waals surface area contributed by atoms with Crippen molar-refractivity contribution in [1.82, 2.24) is 15.3 Å². The van der Waals surface area contributed by atoms with Gasteiger partial charge in [0, 0.05) is 24.8 Å². The standard InChI is InChI=1S/C20H28N4O2/c1-14-8-7-13-24(14,19(26)23-20(2,3)4)18(25)12-11-17-21-15-9-5-6-10-16(15)22-17/h5-6,9-10,14H,7-8,11-13H2,1-4H3,(H-,21,22,23,26)/p+1/t14-,24?/m1/s1. The Morgan fingerprint density at radius 2 is 2.04 bits per heavy atom. The molecule has 26 heavy (non-hydrogen) atoms. The van der Waals surface area contributed by atoms with Gasteiger partial charge in [-0.05, 0) is 39.8 Å². The van der Waals surface area contributed by atoms with E-state index in [-0.39, 0.29) is 28.0 Å². The van der Waals surface area contributed by atoms with Crippen LogP contribution in [0.1, 0.15) is 52.8 Å². The molecule has 0 aliphatic carbocycles. The number of fused-ring (bicyclic) bond motifs is 1. The Kier molecular flexibility index (Phi) is 4.88. The lowest BCUT2D eigenvalue weighted by Crippen LogP contribution is -2.65. The Bertz CT molecular complexity index is 788. The number of aryl methyl sites for hydroxylation is 1. The van der Waals surface area contributed by atoms with Crippen LogP contribution in [-0.4, -0.2) is 44.5 Å². The van der Waals surface area contributed by atoms with Gasteiger partial charge in [0.1, 0.15) is 11.9 Å². The van der Waals surface area contributed by atoms with Crippen LogP contribution in [0.15, 0.2) is 24.3 Å². The number of rotatable bonds is 3. The predicted octanol–water partition coefficient (Wildman–Crippen LogP) is 3.53. The molecule has 6 nitrogen and oxygen atoms in total. The van der Waals surface area contributed by atoms with Crippen molar-refractivity contribution in [1.29, 1.82) is 0 Å². The molecular formula is C20H29N4O2+. The number of carbonyl (C=O) groups excluding carboxylic acids is 2. The molecule has 1 aliphatic heterocycles. The lowest BCUT2D eigenvalue weighted by molar-refractivity contribution is -0.785. The summed E-state index contributed by atoms with van der Waals surface area (Å²) < 4.78 is -0.0858. The Morgan fingerprint density at radius 3 is 2.65 bits per heavy atom. The van der Waals surface area contributed by atoms with Crippen LogP contribution in [0.3, 0.4) is 0 Å². The smallest absolute Gasteiger partial charge is 0.342 e. The maximum atomic E-state index is 13.2. The van der Waals surface area contributed by atoms with E-state index in [2.05, 4.69) is 15.3 Å². The van der Waals surface area contributed by atoms with Crippen molar-refractivity contribution >= 4 is 23.0 Å². The van der Waals surface area contributed by atoms with Gasteiger partial charge in [-0.3, -0.25) is 0 Å². The topological polar surface area (TPSA) is 74.8 Å². The molecular weight excluding hydrogens is 328 g/mol. The molecule has 3 rings (SSSR count). The molecule has 0 spiro atoms. The molecule has 2 atom stereocenters. The fraction of sp³-hybridized carbons (Fsp3) is 0.550. The number of quaternary nitrogens is 1. The van der Waals surface area contributed by atoms with Crippen LogP contribution >= 0.6 is 0 Å². The summed E-state index contributed by atoms with van der Waals surface area (Å²) in [5.74, 6) is 0.776. The number of amides is 3. The van der Waals surface area contributed by atoms with Crippen molar-refractivity contribution in [3.05, 3.63) is 30.1 Å². The Labute approximate surface area is 154 Å². The average Bonchev–Trinajstić information content (AvgIpc) is 3.14. The summed E-state index contributed by atoms with van der Waals surface area (Å²) in [6, 6.07) is 7.67. The molecule has 140 valence electrons. The molecule has 0 saturated carbocycles. The minimum Gasteiger partial charge on any atom is -0.342 e. The number of nitrogens with zero attached hydrogens (tertiary/aromatic N) is 2. The molecule has 1 aromatic carbocycles. The molecule has 6 heteroatoms. The average molecular weight is 357 g/mol. The molecule has 0 bridgehead atoms. The van der Waals surface area contributed by atoms with Crippen molar-refractivity contribution in [3.8, 4) is 0 Å². The number of para-hydroxylation sites is 2. The van der Waals surface area contributed by atoms with Crippen LogP contribution in [0.4, 0.5) is 4.79 Å². The number of likely N-dealkylation sites (tertiary alicyclic amines) is 1. The van der Waals surface area contributed by atoms with E-state index in [1.54, 1.807) is 0 Å². The van der Waals surface area contributed by atoms with Gasteiger partial charge >= 0.3 is 11.9 Å². The van der Waals surface area contributed by atoms with E-state index in [1.165, 1.54) is 0 Å². The highest BCUT2D eigenvalue weighted by atomic mass is 16.2. The third-order valence-electron chi connectivity index (χ3n) is 5.19. The summed E-state index contributed by atoms with van der Waals surface area (Å²) in [7, 11) is 0. The zero-order valence-electron chi connectivity index (χ0n) is 16.1. The first-order valence-corrected chi connectivity index (χ1v) is 9.40. The van der Waals surface area contributed by atoms with E-state index < -0.39 is 0 Å². The van der Waals surface area contributed by atoms with Crippen LogP contribution in [0.5, 0.6) is 0 Å². The molecule has 2 aromatic rings. The molecule has 1 saturated heterocycles. The van der Waals surface area contributed by atoms with E-state index in [4.69, 9.17) is 0 Å². The highest BCUT2D eigenvalue weighted by Crippen LogP contribution is 2.30. The van der Waals surface area contributed by atoms with Crippen LogP contribution in [0.2, 0.25) is 0 Å². The Balaban J connectivity index is 1.76. The number of imide groups is 1. The Morgan fingerprint density at radius 1 is 1.31 bits per heavy atom. The monoisotopic (exact) mass is 357 g/mol. The number of H-pyrrole nitrogens is 1. The number of hydrogen-bond acceptors (Lipinski definition) is 3. The van der Waals surface area contributed by atoms with Gasteiger partial charge in [-0.1, -0.05) is 12.1 Å². The quantitative estimate of drug-likeness (QED) is 0.825. The van der Waals surface area contributed by atoms with Crippen molar-refractivity contribution in [3.63, 3.8) is 0 Å². The molecule has 1 aromatic heterocycles. The maximum absolute atomic E-state index is 13.2. The first-order valence-electron chi connectivity index (χ1n) is 9.40. The number of benzene rings is 1. The van der Waals surface area contributed by atoms with Crippen molar-refractivity contribution in [2.45, 2.75) is 65.0 Å². The number of urea groups is 1. The fourth-order valence-corrected chi connectivity index (χ4v) is 3.83. The summed E-state index contributed by atoms with van der Waals surface area (Å²) in [5.41, 5.74) is 1.52. The van der Waals surface area contributed by atoms with Gasteiger partial charge in [-0.25, -0.2) is 14.6 Å². The number of aromatic nitrogens is 2. The predicted molar refractivity (Wildman–Crippen MR) is 102 cm³/mol. The first-order chi connectivity index (χ1) is 12.2. The third kappa shape index (κ3) is 3.51. The lowest BCUT2D eigenvalue weighted by atomic mass is 10.1. The number of aromatic amines is 1. The van der Waals surface area contributed by atoms with Crippen molar-refractivity contribution in [2.75, 3.05) is 6.54 Å². The van der Waals surface area contributed by atoms with E-state index in [0.29, 0.717) is 19.4 Å². The lowest BCUT2D eigenvalue weighted by Gasteiger charge is -2.35. The highest BCUT2D eigenvalue weighted by molar-refractivity contribution is 5.84. The van der Waals surface area contributed by atoms with Gasteiger partial charge in [-0.15, -0.1) is 0 Å². The van der Waals surface area contributed by atoms with E-state index >= 15 is 0 Å². The van der Waals surface area contributed by atoms with Crippen molar-refractivity contribution in [2.24, 2.45) is 0 Å². The molecule has 2 heterocycles. The van der Waals surface area contributed by atoms with Gasteiger partial charge in [0.05, 0.1) is 24.0 Å². The Hall–Kier alpha value is -2.21. The minimum absolute atomic E-state index is 0.0144. The number of nitrogens with one attached hydrogen (secondary N) is 2. The van der Waals surface area contributed by atoms with Gasteiger partial charge in [-0.2, -0.15) is 4.48 Å². The normalized spacial score (nSPS) is 23.3. The number of imidazole rings is 1. The van der Waals surface area contributed by atoms with Gasteiger partial charge in [0.2, 0.25) is 0 Å². The third-order valence-corrected chi connectivity index (χ3v) is 5.19. The van der Waals surface area contributed by atoms with Crippen LogP contribution in [0, 0.1) is 0 Å². The molecule has 0 radical (unpaired) electrons. The van der Waals surface area contributed by atoms with Crippen molar-refractivity contribution < 1.29 is 14.1 Å². The second-order valence-corrected chi connectivity index (χ2v) is 8.36. The van der Waals surface area contributed by atoms with Gasteiger partial charge in [0.15, 0.2) is 0 Å². The molecule has 1 fully saturated rings. The van der Waals surface area contributed by atoms with E-state index in [1.807, 2.05) is 52.0 Å². The van der Waals surface area contributed by atoms with Crippen LogP contribution in [0.25, 0.3) is 11.0 Å². The number of hydrogen-bond donors (Lipinski definition) is 2. The summed E-state index contributed by atoms with van der Waals surface area (Å²) in [6.07, 6.45) is 2.62. The summed E-state index contributed by atoms with van der Waals surface area (Å²) in [6.45, 7) is 8.43. The minimum atomic E-state index is -0.357. The van der Waals surface area contributed by atoms with Crippen LogP contribution < -0.4 is 5.32 Å². The maximum Gasteiger partial charge on any atom is 0.424 e. The SMILES string of the molecule is C[C@@H]1CCC[N+]1(C(=O)CCc1nc2ccccc2[nH]1)C(=O)NC(C)(C)C. The van der Waals surface area contributed by atoms with E-state index in [0.717, 1.165) is 29.7 Å². The molecule has 1 unspecified atom stereocenters.